The lowest BCUT2D eigenvalue weighted by molar-refractivity contribution is 0.220. The molecular formula is C22H27N3O. The van der Waals surface area contributed by atoms with Crippen LogP contribution in [0.3, 0.4) is 0 Å². The molecule has 1 aliphatic heterocycles. The highest BCUT2D eigenvalue weighted by Crippen LogP contribution is 2.35. The van der Waals surface area contributed by atoms with Crippen LogP contribution < -0.4 is 10.1 Å². The van der Waals surface area contributed by atoms with E-state index in [2.05, 4.69) is 71.8 Å². The predicted molar refractivity (Wildman–Crippen MR) is 107 cm³/mol. The average Bonchev–Trinajstić information content (AvgIpc) is 3.04. The van der Waals surface area contributed by atoms with Crippen LogP contribution in [0.5, 0.6) is 5.75 Å². The van der Waals surface area contributed by atoms with Gasteiger partial charge in [-0.3, -0.25) is 0 Å². The topological polar surface area (TPSA) is 40.3 Å². The molecule has 4 rings (SSSR count). The number of methoxy groups -OCH3 is 1. The van der Waals surface area contributed by atoms with Crippen molar-refractivity contribution in [3.63, 3.8) is 0 Å². The molecule has 3 aromatic rings. The van der Waals surface area contributed by atoms with Crippen molar-refractivity contribution >= 4 is 10.9 Å². The summed E-state index contributed by atoms with van der Waals surface area (Å²) in [6.07, 6.45) is 2.06. The molecule has 0 unspecified atom stereocenters. The van der Waals surface area contributed by atoms with E-state index in [9.17, 15) is 0 Å². The molecule has 26 heavy (non-hydrogen) atoms. The zero-order chi connectivity index (χ0) is 18.1. The summed E-state index contributed by atoms with van der Waals surface area (Å²) in [5.74, 6) is 0.919. The fourth-order valence-corrected chi connectivity index (χ4v) is 4.15. The molecule has 0 saturated carbocycles. The van der Waals surface area contributed by atoms with Crippen LogP contribution in [0.4, 0.5) is 0 Å². The first-order valence-electron chi connectivity index (χ1n) is 9.29. The highest BCUT2D eigenvalue weighted by atomic mass is 16.5. The maximum absolute atomic E-state index is 5.44. The SMILES string of the molecule is COc1ccc2[nH]c3c(c2c1)CCN[C@H]3[C@@H](Cc1ccccc1)N(C)C. The van der Waals surface area contributed by atoms with E-state index in [0.29, 0.717) is 6.04 Å². The summed E-state index contributed by atoms with van der Waals surface area (Å²) in [4.78, 5) is 6.03. The van der Waals surface area contributed by atoms with Gasteiger partial charge in [-0.15, -0.1) is 0 Å². The van der Waals surface area contributed by atoms with E-state index in [1.165, 1.54) is 27.7 Å². The first kappa shape index (κ1) is 17.1. The van der Waals surface area contributed by atoms with E-state index in [1.54, 1.807) is 7.11 Å². The van der Waals surface area contributed by atoms with E-state index in [0.717, 1.165) is 25.1 Å². The molecule has 2 heterocycles. The summed E-state index contributed by atoms with van der Waals surface area (Å²) in [6, 6.07) is 17.7. The van der Waals surface area contributed by atoms with E-state index in [1.807, 2.05) is 6.07 Å². The number of nitrogens with zero attached hydrogens (tertiary/aromatic N) is 1. The molecule has 0 fully saturated rings. The van der Waals surface area contributed by atoms with Gasteiger partial charge in [0.1, 0.15) is 5.75 Å². The van der Waals surface area contributed by atoms with Gasteiger partial charge in [0.15, 0.2) is 0 Å². The van der Waals surface area contributed by atoms with Crippen LogP contribution in [0, 0.1) is 0 Å². The van der Waals surface area contributed by atoms with E-state index in [-0.39, 0.29) is 6.04 Å². The number of aromatic amines is 1. The molecule has 0 radical (unpaired) electrons. The van der Waals surface area contributed by atoms with E-state index in [4.69, 9.17) is 4.74 Å². The Labute approximate surface area is 155 Å². The van der Waals surface area contributed by atoms with E-state index < -0.39 is 0 Å². The van der Waals surface area contributed by atoms with Crippen molar-refractivity contribution < 1.29 is 4.74 Å². The molecule has 0 spiro atoms. The maximum Gasteiger partial charge on any atom is 0.119 e. The molecule has 0 amide bonds. The summed E-state index contributed by atoms with van der Waals surface area (Å²) < 4.78 is 5.44. The van der Waals surface area contributed by atoms with Gasteiger partial charge in [-0.1, -0.05) is 30.3 Å². The number of ether oxygens (including phenoxy) is 1. The Bertz CT molecular complexity index is 885. The lowest BCUT2D eigenvalue weighted by Gasteiger charge is -2.36. The van der Waals surface area contributed by atoms with Crippen LogP contribution in [-0.4, -0.2) is 43.7 Å². The molecule has 4 nitrogen and oxygen atoms in total. The second-order valence-electron chi connectivity index (χ2n) is 7.33. The van der Waals surface area contributed by atoms with Gasteiger partial charge in [0, 0.05) is 22.6 Å². The molecule has 2 N–H and O–H groups in total. The summed E-state index contributed by atoms with van der Waals surface area (Å²) in [5, 5.41) is 5.06. The Balaban J connectivity index is 1.73. The van der Waals surface area contributed by atoms with Crippen molar-refractivity contribution in [2.75, 3.05) is 27.7 Å². The highest BCUT2D eigenvalue weighted by molar-refractivity contribution is 5.86. The Kier molecular flexibility index (Phi) is 4.70. The van der Waals surface area contributed by atoms with Gasteiger partial charge in [-0.05, 0) is 62.8 Å². The van der Waals surface area contributed by atoms with Crippen molar-refractivity contribution in [3.05, 3.63) is 65.4 Å². The number of rotatable bonds is 5. The molecule has 0 saturated heterocycles. The van der Waals surface area contributed by atoms with Crippen LogP contribution in [0.25, 0.3) is 10.9 Å². The van der Waals surface area contributed by atoms with Gasteiger partial charge >= 0.3 is 0 Å². The zero-order valence-corrected chi connectivity index (χ0v) is 15.8. The standard InChI is InChI=1S/C22H27N3O/c1-25(2)20(13-15-7-5-4-6-8-15)22-21-17(11-12-23-22)18-14-16(26-3)9-10-19(18)24-21/h4-10,14,20,22-24H,11-13H2,1-3H3/t20-,22+/m1/s1. The smallest absolute Gasteiger partial charge is 0.119 e. The summed E-state index contributed by atoms with van der Waals surface area (Å²) in [7, 11) is 6.08. The number of likely N-dealkylation sites (N-methyl/N-ethyl adjacent to an activating group) is 1. The Morgan fingerprint density at radius 3 is 2.69 bits per heavy atom. The third kappa shape index (κ3) is 3.11. The fraction of sp³-hybridized carbons (Fsp3) is 0.364. The number of nitrogens with one attached hydrogen (secondary N) is 2. The molecular weight excluding hydrogens is 322 g/mol. The van der Waals surface area contributed by atoms with Crippen LogP contribution in [0.15, 0.2) is 48.5 Å². The second kappa shape index (κ2) is 7.14. The first-order chi connectivity index (χ1) is 12.7. The van der Waals surface area contributed by atoms with Gasteiger partial charge < -0.3 is 19.9 Å². The molecule has 1 aromatic heterocycles. The number of benzene rings is 2. The van der Waals surface area contributed by atoms with Crippen LogP contribution >= 0.6 is 0 Å². The van der Waals surface area contributed by atoms with Crippen LogP contribution in [-0.2, 0) is 12.8 Å². The van der Waals surface area contributed by atoms with Crippen molar-refractivity contribution in [1.82, 2.24) is 15.2 Å². The summed E-state index contributed by atoms with van der Waals surface area (Å²) in [6.45, 7) is 1.00. The maximum atomic E-state index is 5.44. The number of fused-ring (bicyclic) bond motifs is 3. The molecule has 0 bridgehead atoms. The zero-order valence-electron chi connectivity index (χ0n) is 15.8. The Morgan fingerprint density at radius 1 is 1.15 bits per heavy atom. The van der Waals surface area contributed by atoms with Crippen molar-refractivity contribution in [3.8, 4) is 5.75 Å². The lowest BCUT2D eigenvalue weighted by atomic mass is 9.90. The monoisotopic (exact) mass is 349 g/mol. The molecule has 2 aromatic carbocycles. The number of hydrogen-bond donors (Lipinski definition) is 2. The summed E-state index contributed by atoms with van der Waals surface area (Å²) in [5.41, 5.74) is 5.33. The van der Waals surface area contributed by atoms with Gasteiger partial charge in [-0.25, -0.2) is 0 Å². The molecule has 136 valence electrons. The minimum absolute atomic E-state index is 0.285. The average molecular weight is 349 g/mol. The van der Waals surface area contributed by atoms with Crippen molar-refractivity contribution in [1.29, 1.82) is 0 Å². The number of hydrogen-bond acceptors (Lipinski definition) is 3. The predicted octanol–water partition coefficient (Wildman–Crippen LogP) is 3.54. The molecule has 0 aliphatic carbocycles. The fourth-order valence-electron chi connectivity index (χ4n) is 4.15. The van der Waals surface area contributed by atoms with Crippen LogP contribution in [0.2, 0.25) is 0 Å². The van der Waals surface area contributed by atoms with Gasteiger partial charge in [0.2, 0.25) is 0 Å². The lowest BCUT2D eigenvalue weighted by Crippen LogP contribution is -2.45. The van der Waals surface area contributed by atoms with Gasteiger partial charge in [0.05, 0.1) is 13.2 Å². The molecule has 4 heteroatoms. The van der Waals surface area contributed by atoms with Gasteiger partial charge in [-0.2, -0.15) is 0 Å². The normalized spacial score (nSPS) is 18.1. The number of aromatic nitrogens is 1. The molecule has 2 atom stereocenters. The quantitative estimate of drug-likeness (QED) is 0.740. The Hall–Kier alpha value is -2.30. The minimum Gasteiger partial charge on any atom is -0.497 e. The van der Waals surface area contributed by atoms with E-state index >= 15 is 0 Å². The third-order valence-electron chi connectivity index (χ3n) is 5.53. The largest absolute Gasteiger partial charge is 0.497 e. The highest BCUT2D eigenvalue weighted by Gasteiger charge is 2.31. The minimum atomic E-state index is 0.285. The van der Waals surface area contributed by atoms with Crippen molar-refractivity contribution in [2.45, 2.75) is 24.9 Å². The first-order valence-corrected chi connectivity index (χ1v) is 9.29. The number of H-pyrrole nitrogens is 1. The van der Waals surface area contributed by atoms with Crippen LogP contribution in [0.1, 0.15) is 22.9 Å². The summed E-state index contributed by atoms with van der Waals surface area (Å²) >= 11 is 0. The molecule has 1 aliphatic rings. The third-order valence-corrected chi connectivity index (χ3v) is 5.53. The second-order valence-corrected chi connectivity index (χ2v) is 7.33. The van der Waals surface area contributed by atoms with Crippen molar-refractivity contribution in [2.24, 2.45) is 0 Å². The van der Waals surface area contributed by atoms with Gasteiger partial charge in [0.25, 0.3) is 0 Å². The Morgan fingerprint density at radius 2 is 1.96 bits per heavy atom.